The Morgan fingerprint density at radius 2 is 2.04 bits per heavy atom. The van der Waals surface area contributed by atoms with E-state index in [0.717, 1.165) is 18.7 Å². The largest absolute Gasteiger partial charge is 0.347 e. The Balaban J connectivity index is 0.00000225. The number of halogens is 3. The highest BCUT2D eigenvalue weighted by Gasteiger charge is 2.42. The van der Waals surface area contributed by atoms with Crippen LogP contribution in [0.4, 0.5) is 0 Å². The first-order valence-electron chi connectivity index (χ1n) is 8.00. The van der Waals surface area contributed by atoms with Crippen LogP contribution in [0.1, 0.15) is 31.4 Å². The molecule has 2 heterocycles. The summed E-state index contributed by atoms with van der Waals surface area (Å²) in [6.45, 7) is 3.46. The minimum atomic E-state index is -0.673. The van der Waals surface area contributed by atoms with Gasteiger partial charge in [-0.05, 0) is 50.6 Å². The summed E-state index contributed by atoms with van der Waals surface area (Å²) < 4.78 is 1.77. The normalized spacial score (nSPS) is 17.4. The third-order valence-electron chi connectivity index (χ3n) is 4.59. The van der Waals surface area contributed by atoms with Gasteiger partial charge in [-0.25, -0.2) is 0 Å². The van der Waals surface area contributed by atoms with Gasteiger partial charge in [0.2, 0.25) is 5.91 Å². The van der Waals surface area contributed by atoms with E-state index in [2.05, 4.69) is 15.7 Å². The predicted molar refractivity (Wildman–Crippen MR) is 103 cm³/mol. The number of carbonyl (C=O) groups is 1. The van der Waals surface area contributed by atoms with Gasteiger partial charge >= 0.3 is 0 Å². The number of piperidine rings is 1. The van der Waals surface area contributed by atoms with E-state index in [0.29, 0.717) is 22.9 Å². The molecule has 1 aromatic carbocycles. The summed E-state index contributed by atoms with van der Waals surface area (Å²) in [7, 11) is 0. The average molecular weight is 404 g/mol. The molecule has 0 aliphatic carbocycles. The second-order valence-corrected chi connectivity index (χ2v) is 6.86. The van der Waals surface area contributed by atoms with Crippen LogP contribution in [-0.4, -0.2) is 28.8 Å². The molecule has 2 N–H and O–H groups in total. The molecule has 8 heteroatoms. The van der Waals surface area contributed by atoms with E-state index >= 15 is 0 Å². The highest BCUT2D eigenvalue weighted by Crippen LogP contribution is 2.32. The van der Waals surface area contributed by atoms with Crippen molar-refractivity contribution < 1.29 is 4.79 Å². The number of aromatic nitrogens is 2. The van der Waals surface area contributed by atoms with Crippen molar-refractivity contribution in [3.8, 4) is 0 Å². The van der Waals surface area contributed by atoms with Crippen LogP contribution in [0.15, 0.2) is 36.7 Å². The van der Waals surface area contributed by atoms with Crippen LogP contribution in [-0.2, 0) is 10.3 Å². The molecule has 0 saturated carbocycles. The summed E-state index contributed by atoms with van der Waals surface area (Å²) >= 11 is 12.4. The van der Waals surface area contributed by atoms with Crippen LogP contribution in [0.2, 0.25) is 10.0 Å². The van der Waals surface area contributed by atoms with Crippen molar-refractivity contribution in [3.05, 3.63) is 52.3 Å². The second kappa shape index (κ2) is 8.41. The first-order chi connectivity index (χ1) is 11.5. The molecular weight excluding hydrogens is 383 g/mol. The minimum absolute atomic E-state index is 0. The summed E-state index contributed by atoms with van der Waals surface area (Å²) in [6, 6.07) is 7.04. The molecule has 1 aromatic heterocycles. The Hall–Kier alpha value is -1.27. The number of carbonyl (C=O) groups excluding carboxylic acids is 1. The average Bonchev–Trinajstić information content (AvgIpc) is 3.13. The molecule has 1 fully saturated rings. The molecule has 1 aliphatic heterocycles. The van der Waals surface area contributed by atoms with Gasteiger partial charge in [-0.1, -0.05) is 35.3 Å². The van der Waals surface area contributed by atoms with E-state index in [1.54, 1.807) is 16.9 Å². The Morgan fingerprint density at radius 1 is 1.32 bits per heavy atom. The monoisotopic (exact) mass is 402 g/mol. The van der Waals surface area contributed by atoms with Crippen molar-refractivity contribution in [3.63, 3.8) is 0 Å². The van der Waals surface area contributed by atoms with E-state index in [1.165, 1.54) is 0 Å². The summed E-state index contributed by atoms with van der Waals surface area (Å²) in [4.78, 5) is 13.1. The fourth-order valence-electron chi connectivity index (χ4n) is 3.19. The molecule has 5 nitrogen and oxygen atoms in total. The van der Waals surface area contributed by atoms with Crippen molar-refractivity contribution in [1.29, 1.82) is 0 Å². The van der Waals surface area contributed by atoms with Crippen LogP contribution in [0.5, 0.6) is 0 Å². The van der Waals surface area contributed by atoms with Gasteiger partial charge in [-0.3, -0.25) is 9.48 Å². The Morgan fingerprint density at radius 3 is 2.68 bits per heavy atom. The molecule has 2 aromatic rings. The Bertz CT molecular complexity index is 715. The van der Waals surface area contributed by atoms with E-state index in [1.807, 2.05) is 31.3 Å². The van der Waals surface area contributed by atoms with Crippen molar-refractivity contribution in [2.45, 2.75) is 31.3 Å². The third-order valence-corrected chi connectivity index (χ3v) is 5.43. The van der Waals surface area contributed by atoms with Gasteiger partial charge < -0.3 is 10.6 Å². The predicted octanol–water partition coefficient (Wildman–Crippen LogP) is 3.57. The molecular formula is C17H21Cl3N4O. The SMILES string of the molecule is CC(NC(=O)C1(n2cccn2)CCNCC1)c1cccc(Cl)c1Cl.Cl. The van der Waals surface area contributed by atoms with Crippen LogP contribution in [0.25, 0.3) is 0 Å². The molecule has 1 unspecified atom stereocenters. The van der Waals surface area contributed by atoms with Gasteiger partial charge in [0.1, 0.15) is 5.54 Å². The molecule has 1 saturated heterocycles. The maximum Gasteiger partial charge on any atom is 0.248 e. The lowest BCUT2D eigenvalue weighted by Gasteiger charge is -2.37. The highest BCUT2D eigenvalue weighted by molar-refractivity contribution is 6.42. The summed E-state index contributed by atoms with van der Waals surface area (Å²) in [6.07, 6.45) is 4.93. The standard InChI is InChI=1S/C17H20Cl2N4O.ClH/c1-12(13-4-2-5-14(18)15(13)19)22-16(24)17(6-9-20-10-7-17)23-11-3-8-21-23;/h2-5,8,11-12,20H,6-7,9-10H2,1H3,(H,22,24);1H. The zero-order chi connectivity index (χ0) is 17.2. The quantitative estimate of drug-likeness (QED) is 0.820. The maximum atomic E-state index is 13.1. The van der Waals surface area contributed by atoms with Gasteiger partial charge in [0.05, 0.1) is 16.1 Å². The number of hydrogen-bond donors (Lipinski definition) is 2. The number of rotatable bonds is 4. The molecule has 3 rings (SSSR count). The fourth-order valence-corrected chi connectivity index (χ4v) is 3.66. The van der Waals surface area contributed by atoms with Gasteiger partial charge in [0, 0.05) is 12.4 Å². The van der Waals surface area contributed by atoms with Gasteiger partial charge in [-0.2, -0.15) is 5.10 Å². The van der Waals surface area contributed by atoms with Crippen molar-refractivity contribution in [2.24, 2.45) is 0 Å². The van der Waals surface area contributed by atoms with Crippen LogP contribution in [0.3, 0.4) is 0 Å². The first-order valence-corrected chi connectivity index (χ1v) is 8.76. The van der Waals surface area contributed by atoms with E-state index in [4.69, 9.17) is 23.2 Å². The van der Waals surface area contributed by atoms with Gasteiger partial charge in [0.25, 0.3) is 0 Å². The molecule has 1 atom stereocenters. The number of benzene rings is 1. The van der Waals surface area contributed by atoms with Gasteiger partial charge in [0.15, 0.2) is 0 Å². The van der Waals surface area contributed by atoms with Crippen molar-refractivity contribution in [1.82, 2.24) is 20.4 Å². The van der Waals surface area contributed by atoms with E-state index < -0.39 is 5.54 Å². The highest BCUT2D eigenvalue weighted by atomic mass is 35.5. The molecule has 0 bridgehead atoms. The van der Waals surface area contributed by atoms with E-state index in [-0.39, 0.29) is 24.4 Å². The van der Waals surface area contributed by atoms with Crippen molar-refractivity contribution >= 4 is 41.5 Å². The Kier molecular flexibility index (Phi) is 6.74. The van der Waals surface area contributed by atoms with Crippen molar-refractivity contribution in [2.75, 3.05) is 13.1 Å². The maximum absolute atomic E-state index is 13.1. The minimum Gasteiger partial charge on any atom is -0.347 e. The number of nitrogens with one attached hydrogen (secondary N) is 2. The summed E-state index contributed by atoms with van der Waals surface area (Å²) in [5.41, 5.74) is 0.135. The molecule has 25 heavy (non-hydrogen) atoms. The zero-order valence-corrected chi connectivity index (χ0v) is 16.2. The fraction of sp³-hybridized carbons (Fsp3) is 0.412. The third kappa shape index (κ3) is 3.95. The molecule has 0 spiro atoms. The Labute approximate surface area is 163 Å². The summed E-state index contributed by atoms with van der Waals surface area (Å²) in [5.74, 6) is -0.0451. The van der Waals surface area contributed by atoms with Crippen LogP contribution in [0, 0.1) is 0 Å². The smallest absolute Gasteiger partial charge is 0.248 e. The summed E-state index contributed by atoms with van der Waals surface area (Å²) in [5, 5.41) is 11.7. The lowest BCUT2D eigenvalue weighted by molar-refractivity contribution is -0.132. The van der Waals surface area contributed by atoms with Crippen LogP contribution >= 0.6 is 35.6 Å². The molecule has 136 valence electrons. The lowest BCUT2D eigenvalue weighted by Crippen LogP contribution is -2.55. The zero-order valence-electron chi connectivity index (χ0n) is 13.8. The number of hydrogen-bond acceptors (Lipinski definition) is 3. The number of nitrogens with zero attached hydrogens (tertiary/aromatic N) is 2. The van der Waals surface area contributed by atoms with Crippen LogP contribution < -0.4 is 10.6 Å². The second-order valence-electron chi connectivity index (χ2n) is 6.07. The number of amides is 1. The molecule has 1 aliphatic rings. The lowest BCUT2D eigenvalue weighted by atomic mass is 9.87. The topological polar surface area (TPSA) is 59.0 Å². The van der Waals surface area contributed by atoms with E-state index in [9.17, 15) is 4.79 Å². The molecule has 0 radical (unpaired) electrons. The molecule has 1 amide bonds. The first kappa shape index (κ1) is 20.0. The van der Waals surface area contributed by atoms with Gasteiger partial charge in [-0.15, -0.1) is 12.4 Å².